The normalized spacial score (nSPS) is 22.4. The van der Waals surface area contributed by atoms with Crippen LogP contribution in [0.4, 0.5) is 0 Å². The van der Waals surface area contributed by atoms with Gasteiger partial charge in [0.15, 0.2) is 5.50 Å². The molecule has 1 heterocycles. The van der Waals surface area contributed by atoms with E-state index in [0.29, 0.717) is 0 Å². The summed E-state index contributed by atoms with van der Waals surface area (Å²) in [5.41, 5.74) is 1.41. The molecule has 1 aliphatic heterocycles. The van der Waals surface area contributed by atoms with Gasteiger partial charge < -0.3 is 4.90 Å². The predicted molar refractivity (Wildman–Crippen MR) is 64.3 cm³/mol. The molecule has 2 nitrogen and oxygen atoms in total. The van der Waals surface area contributed by atoms with Crippen LogP contribution in [0.15, 0.2) is 27.8 Å². The first-order valence-corrected chi connectivity index (χ1v) is 6.08. The number of hydrogen-bond donors (Lipinski definition) is 0. The molecule has 72 valence electrons. The second kappa shape index (κ2) is 4.86. The topological polar surface area (TPSA) is 15.6 Å². The maximum atomic E-state index is 4.39. The van der Waals surface area contributed by atoms with Gasteiger partial charge in [0.1, 0.15) is 0 Å². The molecule has 0 bridgehead atoms. The third-order valence-electron chi connectivity index (χ3n) is 1.90. The summed E-state index contributed by atoms with van der Waals surface area (Å²) >= 11 is 5.19. The molecule has 0 aromatic carbocycles. The summed E-state index contributed by atoms with van der Waals surface area (Å²) < 4.78 is 1.06. The Hall–Kier alpha value is -0.220. The number of aliphatic imine (C=N–C) groups is 1. The van der Waals surface area contributed by atoms with E-state index in [1.165, 1.54) is 5.70 Å². The molecule has 1 unspecified atom stereocenters. The molecule has 0 saturated carbocycles. The van der Waals surface area contributed by atoms with E-state index in [2.05, 4.69) is 45.6 Å². The van der Waals surface area contributed by atoms with Gasteiger partial charge in [-0.15, -0.1) is 18.3 Å². The standard InChI is InChI=1S/C9H13BrN2S/c1-4-5-12-7(2)8(10)6-11-9(12)13-3/h4,6,9H,1,5H2,2-3H3. The largest absolute Gasteiger partial charge is 0.340 e. The monoisotopic (exact) mass is 260 g/mol. The van der Waals surface area contributed by atoms with Crippen molar-refractivity contribution in [3.8, 4) is 0 Å². The summed E-state index contributed by atoms with van der Waals surface area (Å²) in [5, 5.41) is 0. The Kier molecular flexibility index (Phi) is 4.06. The third kappa shape index (κ3) is 2.38. The fraction of sp³-hybridized carbons (Fsp3) is 0.444. The first kappa shape index (κ1) is 10.9. The maximum Gasteiger partial charge on any atom is 0.168 e. The van der Waals surface area contributed by atoms with Crippen molar-refractivity contribution in [3.63, 3.8) is 0 Å². The van der Waals surface area contributed by atoms with E-state index in [1.807, 2.05) is 12.3 Å². The van der Waals surface area contributed by atoms with Crippen molar-refractivity contribution in [1.29, 1.82) is 0 Å². The zero-order chi connectivity index (χ0) is 9.84. The summed E-state index contributed by atoms with van der Waals surface area (Å²) in [6.07, 6.45) is 5.83. The second-order valence-corrected chi connectivity index (χ2v) is 4.46. The molecule has 0 aliphatic carbocycles. The highest BCUT2D eigenvalue weighted by Gasteiger charge is 2.19. The minimum Gasteiger partial charge on any atom is -0.340 e. The highest BCUT2D eigenvalue weighted by molar-refractivity contribution is 9.12. The number of thioether (sulfide) groups is 1. The summed E-state index contributed by atoms with van der Waals surface area (Å²) in [4.78, 5) is 6.60. The van der Waals surface area contributed by atoms with Crippen LogP contribution in [0.5, 0.6) is 0 Å². The molecule has 4 heteroatoms. The molecule has 13 heavy (non-hydrogen) atoms. The van der Waals surface area contributed by atoms with Crippen LogP contribution in [0.3, 0.4) is 0 Å². The minimum absolute atomic E-state index is 0.194. The van der Waals surface area contributed by atoms with E-state index in [9.17, 15) is 0 Å². The first-order valence-electron chi connectivity index (χ1n) is 4.00. The number of halogens is 1. The second-order valence-electron chi connectivity index (χ2n) is 2.71. The number of rotatable bonds is 3. The molecular weight excluding hydrogens is 248 g/mol. The summed E-state index contributed by atoms with van der Waals surface area (Å²) in [7, 11) is 0. The molecule has 1 aliphatic rings. The van der Waals surface area contributed by atoms with Gasteiger partial charge in [-0.3, -0.25) is 4.99 Å². The Labute approximate surface area is 91.9 Å². The van der Waals surface area contributed by atoms with E-state index >= 15 is 0 Å². The van der Waals surface area contributed by atoms with Gasteiger partial charge in [-0.05, 0) is 29.1 Å². The highest BCUT2D eigenvalue weighted by atomic mass is 79.9. The average Bonchev–Trinajstić information content (AvgIpc) is 2.14. The Bertz CT molecular complexity index is 260. The molecule has 1 atom stereocenters. The molecule has 0 amide bonds. The smallest absolute Gasteiger partial charge is 0.168 e. The zero-order valence-corrected chi connectivity index (χ0v) is 10.2. The summed E-state index contributed by atoms with van der Waals surface area (Å²) in [5.74, 6) is 0. The molecule has 0 aromatic heterocycles. The molecule has 0 radical (unpaired) electrons. The van der Waals surface area contributed by atoms with Gasteiger partial charge in [-0.2, -0.15) is 0 Å². The lowest BCUT2D eigenvalue weighted by molar-refractivity contribution is 0.362. The fourth-order valence-corrected chi connectivity index (χ4v) is 2.19. The van der Waals surface area contributed by atoms with Gasteiger partial charge in [0, 0.05) is 18.5 Å². The van der Waals surface area contributed by atoms with E-state index < -0.39 is 0 Å². The number of hydrogen-bond acceptors (Lipinski definition) is 3. The van der Waals surface area contributed by atoms with Crippen LogP contribution in [-0.2, 0) is 0 Å². The molecular formula is C9H13BrN2S. The van der Waals surface area contributed by atoms with Crippen LogP contribution in [0.2, 0.25) is 0 Å². The lowest BCUT2D eigenvalue weighted by atomic mass is 10.3. The van der Waals surface area contributed by atoms with Crippen LogP contribution < -0.4 is 0 Å². The quantitative estimate of drug-likeness (QED) is 0.726. The fourth-order valence-electron chi connectivity index (χ4n) is 1.16. The van der Waals surface area contributed by atoms with Gasteiger partial charge in [-0.25, -0.2) is 0 Å². The van der Waals surface area contributed by atoms with Gasteiger partial charge in [0.25, 0.3) is 0 Å². The van der Waals surface area contributed by atoms with Crippen molar-refractivity contribution in [2.24, 2.45) is 4.99 Å². The molecule has 0 aromatic rings. The molecule has 0 saturated heterocycles. The van der Waals surface area contributed by atoms with E-state index in [4.69, 9.17) is 0 Å². The predicted octanol–water partition coefficient (Wildman–Crippen LogP) is 2.83. The van der Waals surface area contributed by atoms with Gasteiger partial charge in [0.05, 0.1) is 4.48 Å². The lowest BCUT2D eigenvalue weighted by Crippen LogP contribution is -2.33. The zero-order valence-electron chi connectivity index (χ0n) is 7.83. The van der Waals surface area contributed by atoms with Crippen molar-refractivity contribution in [2.45, 2.75) is 12.4 Å². The van der Waals surface area contributed by atoms with Crippen molar-refractivity contribution in [2.75, 3.05) is 12.8 Å². The Morgan fingerprint density at radius 1 is 1.85 bits per heavy atom. The Morgan fingerprint density at radius 3 is 3.08 bits per heavy atom. The number of allylic oxidation sites excluding steroid dienone is 2. The van der Waals surface area contributed by atoms with Crippen molar-refractivity contribution in [1.82, 2.24) is 4.90 Å². The average molecular weight is 261 g/mol. The minimum atomic E-state index is 0.194. The van der Waals surface area contributed by atoms with Crippen molar-refractivity contribution < 1.29 is 0 Å². The summed E-state index contributed by atoms with van der Waals surface area (Å²) in [6, 6.07) is 0. The van der Waals surface area contributed by atoms with Gasteiger partial charge in [0.2, 0.25) is 0 Å². The third-order valence-corrected chi connectivity index (χ3v) is 3.47. The number of nitrogens with zero attached hydrogens (tertiary/aromatic N) is 2. The lowest BCUT2D eigenvalue weighted by Gasteiger charge is -2.32. The van der Waals surface area contributed by atoms with Crippen LogP contribution in [0, 0.1) is 0 Å². The van der Waals surface area contributed by atoms with Crippen LogP contribution in [-0.4, -0.2) is 29.4 Å². The van der Waals surface area contributed by atoms with Gasteiger partial charge in [-0.1, -0.05) is 6.08 Å². The van der Waals surface area contributed by atoms with E-state index in [1.54, 1.807) is 11.8 Å². The van der Waals surface area contributed by atoms with E-state index in [-0.39, 0.29) is 5.50 Å². The van der Waals surface area contributed by atoms with Crippen LogP contribution in [0.1, 0.15) is 6.92 Å². The Balaban J connectivity index is 2.85. The molecule has 0 fully saturated rings. The first-order chi connectivity index (χ1) is 6.20. The van der Waals surface area contributed by atoms with Crippen molar-refractivity contribution in [3.05, 3.63) is 22.8 Å². The molecule has 0 N–H and O–H groups in total. The highest BCUT2D eigenvalue weighted by Crippen LogP contribution is 2.26. The van der Waals surface area contributed by atoms with Crippen molar-refractivity contribution >= 4 is 33.9 Å². The SMILES string of the molecule is C=CCN1C(C)=C(Br)C=NC1SC. The maximum absolute atomic E-state index is 4.39. The van der Waals surface area contributed by atoms with Crippen LogP contribution in [0.25, 0.3) is 0 Å². The molecule has 1 rings (SSSR count). The van der Waals surface area contributed by atoms with Gasteiger partial charge >= 0.3 is 0 Å². The Morgan fingerprint density at radius 2 is 2.54 bits per heavy atom. The van der Waals surface area contributed by atoms with E-state index in [0.717, 1.165) is 11.0 Å². The van der Waals surface area contributed by atoms with Crippen LogP contribution >= 0.6 is 27.7 Å². The molecule has 0 spiro atoms. The summed E-state index contributed by atoms with van der Waals surface area (Å²) in [6.45, 7) is 6.66.